The van der Waals surface area contributed by atoms with Gasteiger partial charge in [0.15, 0.2) is 0 Å². The fraction of sp³-hybridized carbons (Fsp3) is 0.429. The average molecular weight is 371 g/mol. The summed E-state index contributed by atoms with van der Waals surface area (Å²) >= 11 is 0. The van der Waals surface area contributed by atoms with Crippen LogP contribution in [0.3, 0.4) is 0 Å². The number of rotatable bonds is 5. The van der Waals surface area contributed by atoms with Gasteiger partial charge in [-0.1, -0.05) is 19.9 Å². The normalized spacial score (nSPS) is 15.7. The van der Waals surface area contributed by atoms with Crippen LogP contribution in [-0.4, -0.2) is 29.1 Å². The van der Waals surface area contributed by atoms with Crippen molar-refractivity contribution < 1.29 is 14.0 Å². The number of hydrogen-bond acceptors (Lipinski definition) is 4. The Hall–Kier alpha value is -2.47. The van der Waals surface area contributed by atoms with E-state index in [-0.39, 0.29) is 11.7 Å². The molecule has 5 nitrogen and oxygen atoms in total. The third-order valence-corrected chi connectivity index (χ3v) is 4.61. The number of amides is 1. The van der Waals surface area contributed by atoms with Crippen molar-refractivity contribution in [1.29, 1.82) is 0 Å². The first-order chi connectivity index (χ1) is 13.1. The van der Waals surface area contributed by atoms with Gasteiger partial charge in [0, 0.05) is 6.20 Å². The average Bonchev–Trinajstić information content (AvgIpc) is 3.50. The second-order valence-electron chi connectivity index (χ2n) is 6.73. The summed E-state index contributed by atoms with van der Waals surface area (Å²) in [5.41, 5.74) is 3.03. The van der Waals surface area contributed by atoms with E-state index in [4.69, 9.17) is 4.84 Å². The van der Waals surface area contributed by atoms with Crippen LogP contribution < -0.4 is 5.32 Å². The van der Waals surface area contributed by atoms with Crippen molar-refractivity contribution in [1.82, 2.24) is 10.0 Å². The quantitative estimate of drug-likeness (QED) is 0.832. The largest absolute Gasteiger partial charge is 0.351 e. The number of nitrogens with zero attached hydrogens (tertiary/aromatic N) is 2. The highest BCUT2D eigenvalue weighted by molar-refractivity contribution is 6.01. The van der Waals surface area contributed by atoms with Crippen LogP contribution in [0.2, 0.25) is 0 Å². The Balaban J connectivity index is 0.00000102. The molecule has 1 aliphatic heterocycles. The summed E-state index contributed by atoms with van der Waals surface area (Å²) in [5.74, 6) is 0.0212. The zero-order chi connectivity index (χ0) is 19.4. The lowest BCUT2D eigenvalue weighted by Gasteiger charge is -2.28. The Bertz CT molecular complexity index is 821. The number of carbonyl (C=O) groups excluding carboxylic acids is 1. The molecule has 4 rings (SSSR count). The fourth-order valence-corrected chi connectivity index (χ4v) is 2.96. The number of aromatic nitrogens is 1. The van der Waals surface area contributed by atoms with E-state index < -0.39 is 0 Å². The predicted octanol–water partition coefficient (Wildman–Crippen LogP) is 4.64. The number of nitrogens with one attached hydrogen (secondary N) is 1. The van der Waals surface area contributed by atoms with Gasteiger partial charge in [0.2, 0.25) is 0 Å². The van der Waals surface area contributed by atoms with Gasteiger partial charge in [-0.05, 0) is 55.4 Å². The number of hydroxylamine groups is 2. The number of aryl methyl sites for hydroxylation is 1. The maximum Gasteiger partial charge on any atom is 0.279 e. The molecule has 2 aromatic rings. The number of benzene rings is 1. The van der Waals surface area contributed by atoms with E-state index in [0.29, 0.717) is 42.4 Å². The minimum Gasteiger partial charge on any atom is -0.351 e. The molecule has 0 saturated heterocycles. The third kappa shape index (κ3) is 4.45. The van der Waals surface area contributed by atoms with Crippen LogP contribution >= 0.6 is 0 Å². The van der Waals surface area contributed by atoms with Gasteiger partial charge >= 0.3 is 0 Å². The van der Waals surface area contributed by atoms with Crippen molar-refractivity contribution in [3.63, 3.8) is 0 Å². The number of halogens is 1. The molecule has 1 aliphatic carbocycles. The molecular weight excluding hydrogens is 345 g/mol. The van der Waals surface area contributed by atoms with E-state index in [9.17, 15) is 9.18 Å². The molecule has 1 fully saturated rings. The topological polar surface area (TPSA) is 54.5 Å². The number of hydrogen-bond donors (Lipinski definition) is 1. The SMILES string of the molecule is CC.Cc1ccc(Nc2cncc3c2C(=O)N(OCC2CC2)CC3)c(F)c1. The van der Waals surface area contributed by atoms with Gasteiger partial charge in [-0.2, -0.15) is 0 Å². The van der Waals surface area contributed by atoms with Gasteiger partial charge in [-0.3, -0.25) is 14.6 Å². The summed E-state index contributed by atoms with van der Waals surface area (Å²) in [5, 5.41) is 4.44. The van der Waals surface area contributed by atoms with Gasteiger partial charge in [-0.25, -0.2) is 9.45 Å². The number of anilines is 2. The summed E-state index contributed by atoms with van der Waals surface area (Å²) in [6.45, 7) is 6.93. The Kier molecular flexibility index (Phi) is 6.06. The molecule has 1 saturated carbocycles. The third-order valence-electron chi connectivity index (χ3n) is 4.61. The summed E-state index contributed by atoms with van der Waals surface area (Å²) in [7, 11) is 0. The van der Waals surface area contributed by atoms with Crippen LogP contribution in [0.25, 0.3) is 0 Å². The second kappa shape index (κ2) is 8.48. The van der Waals surface area contributed by atoms with E-state index in [1.54, 1.807) is 18.5 Å². The fourth-order valence-electron chi connectivity index (χ4n) is 2.96. The molecular formula is C21H26FN3O2. The zero-order valence-corrected chi connectivity index (χ0v) is 16.1. The number of fused-ring (bicyclic) bond motifs is 1. The monoisotopic (exact) mass is 371 g/mol. The first kappa shape index (κ1) is 19.3. The van der Waals surface area contributed by atoms with Crippen molar-refractivity contribution in [3.8, 4) is 0 Å². The Labute approximate surface area is 159 Å². The van der Waals surface area contributed by atoms with Crippen LogP contribution in [-0.2, 0) is 11.3 Å². The van der Waals surface area contributed by atoms with Gasteiger partial charge in [0.05, 0.1) is 36.3 Å². The van der Waals surface area contributed by atoms with Gasteiger partial charge in [0.25, 0.3) is 5.91 Å². The lowest BCUT2D eigenvalue weighted by atomic mass is 10.0. The predicted molar refractivity (Wildman–Crippen MR) is 103 cm³/mol. The molecule has 0 spiro atoms. The van der Waals surface area contributed by atoms with Crippen molar-refractivity contribution in [2.75, 3.05) is 18.5 Å². The smallest absolute Gasteiger partial charge is 0.279 e. The zero-order valence-electron chi connectivity index (χ0n) is 16.1. The second-order valence-corrected chi connectivity index (χ2v) is 6.73. The number of pyridine rings is 1. The van der Waals surface area contributed by atoms with E-state index in [0.717, 1.165) is 11.1 Å². The molecule has 2 heterocycles. The lowest BCUT2D eigenvalue weighted by molar-refractivity contribution is -0.128. The van der Waals surface area contributed by atoms with Crippen LogP contribution in [0.4, 0.5) is 15.8 Å². The molecule has 0 atom stereocenters. The molecule has 1 amide bonds. The Morgan fingerprint density at radius 3 is 2.74 bits per heavy atom. The highest BCUT2D eigenvalue weighted by Crippen LogP contribution is 2.32. The molecule has 1 N–H and O–H groups in total. The molecule has 0 unspecified atom stereocenters. The summed E-state index contributed by atoms with van der Waals surface area (Å²) in [6.07, 6.45) is 6.26. The highest BCUT2D eigenvalue weighted by atomic mass is 19.1. The molecule has 2 aliphatic rings. The summed E-state index contributed by atoms with van der Waals surface area (Å²) < 4.78 is 14.2. The van der Waals surface area contributed by atoms with Crippen LogP contribution in [0.1, 0.15) is 48.2 Å². The van der Waals surface area contributed by atoms with Crippen molar-refractivity contribution in [2.24, 2.45) is 5.92 Å². The lowest BCUT2D eigenvalue weighted by Crippen LogP contribution is -2.38. The molecule has 27 heavy (non-hydrogen) atoms. The summed E-state index contributed by atoms with van der Waals surface area (Å²) in [4.78, 5) is 22.7. The van der Waals surface area contributed by atoms with Gasteiger partial charge in [0.1, 0.15) is 5.82 Å². The first-order valence-electron chi connectivity index (χ1n) is 9.56. The van der Waals surface area contributed by atoms with E-state index in [1.807, 2.05) is 26.8 Å². The van der Waals surface area contributed by atoms with E-state index >= 15 is 0 Å². The van der Waals surface area contributed by atoms with Gasteiger partial charge in [-0.15, -0.1) is 0 Å². The van der Waals surface area contributed by atoms with E-state index in [2.05, 4.69) is 10.3 Å². The van der Waals surface area contributed by atoms with Crippen LogP contribution in [0, 0.1) is 18.7 Å². The maximum absolute atomic E-state index is 14.2. The van der Waals surface area contributed by atoms with Crippen molar-refractivity contribution in [2.45, 2.75) is 40.0 Å². The maximum atomic E-state index is 14.2. The number of carbonyl (C=O) groups is 1. The molecule has 144 valence electrons. The van der Waals surface area contributed by atoms with Gasteiger partial charge < -0.3 is 5.32 Å². The minimum absolute atomic E-state index is 0.195. The molecule has 1 aromatic heterocycles. The van der Waals surface area contributed by atoms with Crippen LogP contribution in [0.5, 0.6) is 0 Å². The molecule has 0 radical (unpaired) electrons. The Morgan fingerprint density at radius 1 is 1.26 bits per heavy atom. The van der Waals surface area contributed by atoms with E-state index in [1.165, 1.54) is 24.0 Å². The molecule has 6 heteroatoms. The molecule has 1 aromatic carbocycles. The standard InChI is InChI=1S/C19H20FN3O2.C2H6/c1-12-2-5-16(15(20)8-12)22-17-10-21-9-14-6-7-23(19(24)18(14)17)25-11-13-3-4-13;1-2/h2,5,8-10,13,22H,3-4,6-7,11H2,1H3;1-2H3. The summed E-state index contributed by atoms with van der Waals surface area (Å²) in [6, 6.07) is 4.94. The molecule has 0 bridgehead atoms. The van der Waals surface area contributed by atoms with Crippen LogP contribution in [0.15, 0.2) is 30.6 Å². The minimum atomic E-state index is -0.359. The highest BCUT2D eigenvalue weighted by Gasteiger charge is 2.30. The van der Waals surface area contributed by atoms with Crippen molar-refractivity contribution >= 4 is 17.3 Å². The Morgan fingerprint density at radius 2 is 2.04 bits per heavy atom. The first-order valence-corrected chi connectivity index (χ1v) is 9.56. The van der Waals surface area contributed by atoms with Crippen molar-refractivity contribution in [3.05, 3.63) is 53.1 Å².